The van der Waals surface area contributed by atoms with Gasteiger partial charge in [-0.05, 0) is 69.9 Å². The van der Waals surface area contributed by atoms with Gasteiger partial charge in [-0.1, -0.05) is 6.07 Å². The van der Waals surface area contributed by atoms with Crippen LogP contribution in [0.5, 0.6) is 0 Å². The van der Waals surface area contributed by atoms with Gasteiger partial charge in [-0.3, -0.25) is 9.67 Å². The van der Waals surface area contributed by atoms with Crippen LogP contribution in [0.2, 0.25) is 0 Å². The van der Waals surface area contributed by atoms with Gasteiger partial charge in [-0.25, -0.2) is 4.39 Å². The molecule has 6 heteroatoms. The molecule has 0 aliphatic carbocycles. The Morgan fingerprint density at radius 3 is 2.65 bits per heavy atom. The summed E-state index contributed by atoms with van der Waals surface area (Å²) in [5.41, 5.74) is 4.38. The molecular formula is C20H30FN5. The number of halogens is 1. The first-order valence-corrected chi connectivity index (χ1v) is 9.28. The molecule has 0 amide bonds. The number of guanidine groups is 1. The van der Waals surface area contributed by atoms with Gasteiger partial charge in [0.25, 0.3) is 0 Å². The maximum Gasteiger partial charge on any atom is 0.191 e. The summed E-state index contributed by atoms with van der Waals surface area (Å²) in [4.78, 5) is 4.63. The smallest absolute Gasteiger partial charge is 0.191 e. The Balaban J connectivity index is 1.79. The molecule has 142 valence electrons. The molecule has 1 aromatic heterocycles. The summed E-state index contributed by atoms with van der Waals surface area (Å²) in [7, 11) is 0. The molecule has 2 N–H and O–H groups in total. The summed E-state index contributed by atoms with van der Waals surface area (Å²) >= 11 is 0. The number of benzene rings is 1. The van der Waals surface area contributed by atoms with E-state index in [-0.39, 0.29) is 5.82 Å². The molecule has 0 unspecified atom stereocenters. The van der Waals surface area contributed by atoms with Crippen molar-refractivity contribution in [2.45, 2.75) is 47.1 Å². The van der Waals surface area contributed by atoms with Gasteiger partial charge in [-0.15, -0.1) is 0 Å². The zero-order chi connectivity index (χ0) is 18.9. The van der Waals surface area contributed by atoms with Crippen molar-refractivity contribution in [3.05, 3.63) is 52.6 Å². The number of hydrogen-bond donors (Lipinski definition) is 2. The summed E-state index contributed by atoms with van der Waals surface area (Å²) < 4.78 is 15.2. The number of nitrogens with one attached hydrogen (secondary N) is 2. The van der Waals surface area contributed by atoms with Gasteiger partial charge in [-0.2, -0.15) is 5.10 Å². The van der Waals surface area contributed by atoms with Gasteiger partial charge >= 0.3 is 0 Å². The van der Waals surface area contributed by atoms with Crippen molar-refractivity contribution in [2.75, 3.05) is 19.6 Å². The van der Waals surface area contributed by atoms with Crippen molar-refractivity contribution >= 4 is 5.96 Å². The minimum atomic E-state index is -0.184. The summed E-state index contributed by atoms with van der Waals surface area (Å²) in [6.45, 7) is 11.3. The first-order chi connectivity index (χ1) is 12.5. The SMILES string of the molecule is CCNC(=NCCCn1nc(C)cc1C)NCCc1ccc(F)cc1C. The Morgan fingerprint density at radius 1 is 1.19 bits per heavy atom. The summed E-state index contributed by atoms with van der Waals surface area (Å²) in [6, 6.07) is 7.03. The van der Waals surface area contributed by atoms with E-state index in [9.17, 15) is 4.39 Å². The molecule has 1 heterocycles. The summed E-state index contributed by atoms with van der Waals surface area (Å²) in [5.74, 6) is 0.636. The predicted octanol–water partition coefficient (Wildman–Crippen LogP) is 3.14. The zero-order valence-corrected chi connectivity index (χ0v) is 16.3. The highest BCUT2D eigenvalue weighted by Crippen LogP contribution is 2.10. The molecule has 0 atom stereocenters. The standard InChI is InChI=1S/C20H30FN5/c1-5-22-20(23-10-6-12-26-17(4)14-16(3)25-26)24-11-9-18-7-8-19(21)13-15(18)2/h7-8,13-14H,5-6,9-12H2,1-4H3,(H2,22,23,24). The van der Waals surface area contributed by atoms with Crippen molar-refractivity contribution in [2.24, 2.45) is 4.99 Å². The first kappa shape index (κ1) is 19.9. The molecule has 2 rings (SSSR count). The molecule has 0 radical (unpaired) electrons. The van der Waals surface area contributed by atoms with Crippen LogP contribution in [0.15, 0.2) is 29.3 Å². The average molecular weight is 359 g/mol. The van der Waals surface area contributed by atoms with Crippen LogP contribution in [0.4, 0.5) is 4.39 Å². The lowest BCUT2D eigenvalue weighted by Crippen LogP contribution is -2.38. The molecule has 0 aliphatic rings. The highest BCUT2D eigenvalue weighted by atomic mass is 19.1. The molecular weight excluding hydrogens is 329 g/mol. The molecule has 1 aromatic carbocycles. The maximum atomic E-state index is 13.2. The zero-order valence-electron chi connectivity index (χ0n) is 16.3. The van der Waals surface area contributed by atoms with Gasteiger partial charge in [0.15, 0.2) is 5.96 Å². The van der Waals surface area contributed by atoms with E-state index in [0.717, 1.165) is 61.8 Å². The minimum absolute atomic E-state index is 0.184. The topological polar surface area (TPSA) is 54.2 Å². The first-order valence-electron chi connectivity index (χ1n) is 9.28. The fourth-order valence-electron chi connectivity index (χ4n) is 2.91. The fourth-order valence-corrected chi connectivity index (χ4v) is 2.91. The van der Waals surface area contributed by atoms with E-state index >= 15 is 0 Å². The fraction of sp³-hybridized carbons (Fsp3) is 0.500. The van der Waals surface area contributed by atoms with E-state index in [1.54, 1.807) is 6.07 Å². The van der Waals surface area contributed by atoms with Crippen molar-refractivity contribution in [1.29, 1.82) is 0 Å². The molecule has 0 spiro atoms. The van der Waals surface area contributed by atoms with Crippen LogP contribution in [0.3, 0.4) is 0 Å². The number of nitrogens with zero attached hydrogens (tertiary/aromatic N) is 3. The van der Waals surface area contributed by atoms with Crippen LogP contribution in [0.1, 0.15) is 35.9 Å². The van der Waals surface area contributed by atoms with Crippen LogP contribution in [-0.4, -0.2) is 35.4 Å². The van der Waals surface area contributed by atoms with Crippen molar-refractivity contribution in [1.82, 2.24) is 20.4 Å². The normalized spacial score (nSPS) is 11.7. The third-order valence-electron chi connectivity index (χ3n) is 4.24. The third-order valence-corrected chi connectivity index (χ3v) is 4.24. The number of rotatable bonds is 8. The molecule has 0 saturated heterocycles. The number of aliphatic imine (C=N–C) groups is 1. The molecule has 0 fully saturated rings. The second kappa shape index (κ2) is 9.94. The van der Waals surface area contributed by atoms with E-state index in [0.29, 0.717) is 0 Å². The van der Waals surface area contributed by atoms with Gasteiger partial charge < -0.3 is 10.6 Å². The number of aryl methyl sites for hydroxylation is 4. The molecule has 0 aliphatic heterocycles. The van der Waals surface area contributed by atoms with E-state index < -0.39 is 0 Å². The van der Waals surface area contributed by atoms with Crippen molar-refractivity contribution in [3.8, 4) is 0 Å². The van der Waals surface area contributed by atoms with E-state index in [1.807, 2.05) is 24.6 Å². The Morgan fingerprint density at radius 2 is 2.00 bits per heavy atom. The lowest BCUT2D eigenvalue weighted by molar-refractivity contribution is 0.567. The largest absolute Gasteiger partial charge is 0.357 e. The van der Waals surface area contributed by atoms with Gasteiger partial charge in [0.05, 0.1) is 5.69 Å². The summed E-state index contributed by atoms with van der Waals surface area (Å²) in [5, 5.41) is 11.1. The van der Waals surface area contributed by atoms with Gasteiger partial charge in [0.2, 0.25) is 0 Å². The van der Waals surface area contributed by atoms with Crippen LogP contribution >= 0.6 is 0 Å². The Kier molecular flexibility index (Phi) is 7.63. The van der Waals surface area contributed by atoms with E-state index in [2.05, 4.69) is 40.6 Å². The van der Waals surface area contributed by atoms with Crippen LogP contribution < -0.4 is 10.6 Å². The van der Waals surface area contributed by atoms with Crippen LogP contribution in [0.25, 0.3) is 0 Å². The highest BCUT2D eigenvalue weighted by molar-refractivity contribution is 5.79. The van der Waals surface area contributed by atoms with Crippen LogP contribution in [0, 0.1) is 26.6 Å². The Labute approximate surface area is 155 Å². The minimum Gasteiger partial charge on any atom is -0.357 e. The van der Waals surface area contributed by atoms with Crippen LogP contribution in [-0.2, 0) is 13.0 Å². The van der Waals surface area contributed by atoms with E-state index in [1.165, 1.54) is 11.8 Å². The molecule has 0 bridgehead atoms. The summed E-state index contributed by atoms with van der Waals surface area (Å²) in [6.07, 6.45) is 1.78. The van der Waals surface area contributed by atoms with Crippen molar-refractivity contribution in [3.63, 3.8) is 0 Å². The monoisotopic (exact) mass is 359 g/mol. The predicted molar refractivity (Wildman–Crippen MR) is 105 cm³/mol. The molecule has 0 saturated carbocycles. The Hall–Kier alpha value is -2.37. The van der Waals surface area contributed by atoms with Gasteiger partial charge in [0, 0.05) is 31.9 Å². The number of aromatic nitrogens is 2. The quantitative estimate of drug-likeness (QED) is 0.432. The molecule has 5 nitrogen and oxygen atoms in total. The van der Waals surface area contributed by atoms with Gasteiger partial charge in [0.1, 0.15) is 5.82 Å². The second-order valence-electron chi connectivity index (χ2n) is 6.51. The maximum absolute atomic E-state index is 13.2. The lowest BCUT2D eigenvalue weighted by atomic mass is 10.1. The third kappa shape index (κ3) is 6.17. The highest BCUT2D eigenvalue weighted by Gasteiger charge is 2.03. The second-order valence-corrected chi connectivity index (χ2v) is 6.51. The lowest BCUT2D eigenvalue weighted by Gasteiger charge is -2.12. The molecule has 2 aromatic rings. The van der Waals surface area contributed by atoms with Crippen molar-refractivity contribution < 1.29 is 4.39 Å². The number of hydrogen-bond acceptors (Lipinski definition) is 2. The average Bonchev–Trinajstić information content (AvgIpc) is 2.91. The Bertz CT molecular complexity index is 736. The molecule has 26 heavy (non-hydrogen) atoms. The van der Waals surface area contributed by atoms with E-state index in [4.69, 9.17) is 0 Å².